The molecule has 1 aromatic carbocycles. The SMILES string of the molecule is C=CCNc1ccc(NC(=O)COc2ccccc2OC)nc1. The van der Waals surface area contributed by atoms with Crippen molar-refractivity contribution in [2.45, 2.75) is 0 Å². The molecular formula is C17H19N3O3. The summed E-state index contributed by atoms with van der Waals surface area (Å²) in [5, 5.41) is 5.77. The monoisotopic (exact) mass is 313 g/mol. The van der Waals surface area contributed by atoms with Crippen LogP contribution in [-0.4, -0.2) is 31.2 Å². The Bertz CT molecular complexity index is 656. The second-order valence-electron chi connectivity index (χ2n) is 4.59. The van der Waals surface area contributed by atoms with Crippen molar-refractivity contribution < 1.29 is 14.3 Å². The maximum absolute atomic E-state index is 11.9. The molecule has 0 aliphatic rings. The van der Waals surface area contributed by atoms with Crippen LogP contribution in [0.1, 0.15) is 0 Å². The standard InChI is InChI=1S/C17H19N3O3/c1-3-10-18-13-8-9-16(19-11-13)20-17(21)12-23-15-7-5-4-6-14(15)22-2/h3-9,11,18H,1,10,12H2,2H3,(H,19,20,21). The highest BCUT2D eigenvalue weighted by Crippen LogP contribution is 2.25. The number of methoxy groups -OCH3 is 1. The van der Waals surface area contributed by atoms with Crippen LogP contribution in [0.5, 0.6) is 11.5 Å². The van der Waals surface area contributed by atoms with Gasteiger partial charge in [0.1, 0.15) is 5.82 Å². The van der Waals surface area contributed by atoms with Crippen LogP contribution < -0.4 is 20.1 Å². The molecule has 2 rings (SSSR count). The highest BCUT2D eigenvalue weighted by molar-refractivity contribution is 5.91. The summed E-state index contributed by atoms with van der Waals surface area (Å²) in [6, 6.07) is 10.7. The molecule has 0 spiro atoms. The van der Waals surface area contributed by atoms with Gasteiger partial charge < -0.3 is 20.1 Å². The molecule has 0 aliphatic heterocycles. The van der Waals surface area contributed by atoms with Crippen molar-refractivity contribution in [1.82, 2.24) is 4.98 Å². The smallest absolute Gasteiger partial charge is 0.263 e. The molecule has 1 aromatic heterocycles. The van der Waals surface area contributed by atoms with Crippen LogP contribution in [0.2, 0.25) is 0 Å². The summed E-state index contributed by atoms with van der Waals surface area (Å²) in [5.74, 6) is 1.26. The van der Waals surface area contributed by atoms with Crippen molar-refractivity contribution >= 4 is 17.4 Å². The van der Waals surface area contributed by atoms with Gasteiger partial charge >= 0.3 is 0 Å². The summed E-state index contributed by atoms with van der Waals surface area (Å²) in [6.07, 6.45) is 3.39. The van der Waals surface area contributed by atoms with Gasteiger partial charge in [0.2, 0.25) is 0 Å². The van der Waals surface area contributed by atoms with E-state index in [2.05, 4.69) is 22.2 Å². The molecule has 1 heterocycles. The van der Waals surface area contributed by atoms with Crippen LogP contribution >= 0.6 is 0 Å². The zero-order valence-corrected chi connectivity index (χ0v) is 12.9. The van der Waals surface area contributed by atoms with E-state index >= 15 is 0 Å². The van der Waals surface area contributed by atoms with Crippen LogP contribution in [0.4, 0.5) is 11.5 Å². The van der Waals surface area contributed by atoms with E-state index in [1.807, 2.05) is 18.2 Å². The average Bonchev–Trinajstić information content (AvgIpc) is 2.59. The predicted octanol–water partition coefficient (Wildman–Crippen LogP) is 2.71. The molecule has 0 atom stereocenters. The van der Waals surface area contributed by atoms with Gasteiger partial charge in [-0.05, 0) is 24.3 Å². The van der Waals surface area contributed by atoms with Gasteiger partial charge in [-0.15, -0.1) is 6.58 Å². The predicted molar refractivity (Wildman–Crippen MR) is 90.0 cm³/mol. The zero-order valence-electron chi connectivity index (χ0n) is 12.9. The van der Waals surface area contributed by atoms with Gasteiger partial charge in [0.05, 0.1) is 19.0 Å². The van der Waals surface area contributed by atoms with Gasteiger partial charge in [-0.1, -0.05) is 18.2 Å². The lowest BCUT2D eigenvalue weighted by Gasteiger charge is -2.10. The Hall–Kier alpha value is -3.02. The lowest BCUT2D eigenvalue weighted by Crippen LogP contribution is -2.20. The van der Waals surface area contributed by atoms with Crippen LogP contribution in [-0.2, 0) is 4.79 Å². The number of amides is 1. The van der Waals surface area contributed by atoms with Gasteiger partial charge in [-0.25, -0.2) is 4.98 Å². The van der Waals surface area contributed by atoms with Crippen molar-refractivity contribution in [3.8, 4) is 11.5 Å². The maximum atomic E-state index is 11.9. The number of nitrogens with one attached hydrogen (secondary N) is 2. The first-order valence-corrected chi connectivity index (χ1v) is 7.09. The second kappa shape index (κ2) is 8.43. The highest BCUT2D eigenvalue weighted by atomic mass is 16.5. The Morgan fingerprint density at radius 2 is 2.04 bits per heavy atom. The zero-order chi connectivity index (χ0) is 16.5. The lowest BCUT2D eigenvalue weighted by atomic mass is 10.3. The molecule has 0 radical (unpaired) electrons. The van der Waals surface area contributed by atoms with Gasteiger partial charge in [-0.2, -0.15) is 0 Å². The van der Waals surface area contributed by atoms with E-state index in [-0.39, 0.29) is 12.5 Å². The Balaban J connectivity index is 1.86. The van der Waals surface area contributed by atoms with E-state index in [9.17, 15) is 4.79 Å². The number of carbonyl (C=O) groups excluding carboxylic acids is 1. The molecule has 6 nitrogen and oxygen atoms in total. The number of carbonyl (C=O) groups is 1. The summed E-state index contributed by atoms with van der Waals surface area (Å²) in [5.41, 5.74) is 0.855. The summed E-state index contributed by atoms with van der Waals surface area (Å²) in [6.45, 7) is 4.15. The number of hydrogen-bond acceptors (Lipinski definition) is 5. The van der Waals surface area contributed by atoms with Crippen molar-refractivity contribution in [2.24, 2.45) is 0 Å². The normalized spacial score (nSPS) is 9.78. The topological polar surface area (TPSA) is 72.5 Å². The Labute approximate surface area is 135 Å². The molecule has 1 amide bonds. The molecule has 6 heteroatoms. The molecule has 0 fully saturated rings. The highest BCUT2D eigenvalue weighted by Gasteiger charge is 2.07. The summed E-state index contributed by atoms with van der Waals surface area (Å²) in [7, 11) is 1.55. The summed E-state index contributed by atoms with van der Waals surface area (Å²) >= 11 is 0. The number of anilines is 2. The Morgan fingerprint density at radius 1 is 1.26 bits per heavy atom. The van der Waals surface area contributed by atoms with Crippen molar-refractivity contribution in [3.63, 3.8) is 0 Å². The number of benzene rings is 1. The van der Waals surface area contributed by atoms with E-state index in [1.54, 1.807) is 37.6 Å². The minimum Gasteiger partial charge on any atom is -0.493 e. The van der Waals surface area contributed by atoms with Gasteiger partial charge in [-0.3, -0.25) is 4.79 Å². The van der Waals surface area contributed by atoms with E-state index in [4.69, 9.17) is 9.47 Å². The third-order valence-corrected chi connectivity index (χ3v) is 2.91. The molecule has 0 bridgehead atoms. The fraction of sp³-hybridized carbons (Fsp3) is 0.176. The van der Waals surface area contributed by atoms with Crippen molar-refractivity contribution in [3.05, 3.63) is 55.3 Å². The molecule has 120 valence electrons. The van der Waals surface area contributed by atoms with E-state index in [0.717, 1.165) is 5.69 Å². The van der Waals surface area contributed by atoms with Crippen molar-refractivity contribution in [2.75, 3.05) is 30.9 Å². The number of nitrogens with zero attached hydrogens (tertiary/aromatic N) is 1. The van der Waals surface area contributed by atoms with E-state index < -0.39 is 0 Å². The summed E-state index contributed by atoms with van der Waals surface area (Å²) in [4.78, 5) is 16.0. The first kappa shape index (κ1) is 16.4. The minimum absolute atomic E-state index is 0.126. The summed E-state index contributed by atoms with van der Waals surface area (Å²) < 4.78 is 10.6. The maximum Gasteiger partial charge on any atom is 0.263 e. The fourth-order valence-electron chi connectivity index (χ4n) is 1.82. The molecule has 23 heavy (non-hydrogen) atoms. The molecule has 0 saturated heterocycles. The largest absolute Gasteiger partial charge is 0.493 e. The first-order chi connectivity index (χ1) is 11.2. The minimum atomic E-state index is -0.296. The first-order valence-electron chi connectivity index (χ1n) is 7.09. The average molecular weight is 313 g/mol. The van der Waals surface area contributed by atoms with E-state index in [1.165, 1.54) is 0 Å². The van der Waals surface area contributed by atoms with Crippen LogP contribution in [0.3, 0.4) is 0 Å². The molecule has 0 aliphatic carbocycles. The van der Waals surface area contributed by atoms with Crippen LogP contribution in [0.25, 0.3) is 0 Å². The third kappa shape index (κ3) is 5.03. The molecular weight excluding hydrogens is 294 g/mol. The lowest BCUT2D eigenvalue weighted by molar-refractivity contribution is -0.118. The Morgan fingerprint density at radius 3 is 2.70 bits per heavy atom. The second-order valence-corrected chi connectivity index (χ2v) is 4.59. The van der Waals surface area contributed by atoms with Gasteiger partial charge in [0.25, 0.3) is 5.91 Å². The van der Waals surface area contributed by atoms with Gasteiger partial charge in [0.15, 0.2) is 18.1 Å². The number of aromatic nitrogens is 1. The third-order valence-electron chi connectivity index (χ3n) is 2.91. The van der Waals surface area contributed by atoms with E-state index in [0.29, 0.717) is 23.9 Å². The Kier molecular flexibility index (Phi) is 5.99. The van der Waals surface area contributed by atoms with Crippen LogP contribution in [0, 0.1) is 0 Å². The number of ether oxygens (including phenoxy) is 2. The fourth-order valence-corrected chi connectivity index (χ4v) is 1.82. The molecule has 2 N–H and O–H groups in total. The molecule has 0 saturated carbocycles. The number of rotatable bonds is 8. The van der Waals surface area contributed by atoms with Crippen LogP contribution in [0.15, 0.2) is 55.3 Å². The molecule has 2 aromatic rings. The van der Waals surface area contributed by atoms with Crippen molar-refractivity contribution in [1.29, 1.82) is 0 Å². The quantitative estimate of drug-likeness (QED) is 0.733. The number of pyridine rings is 1. The van der Waals surface area contributed by atoms with Gasteiger partial charge in [0, 0.05) is 6.54 Å². The molecule has 0 unspecified atom stereocenters. The number of para-hydroxylation sites is 2. The number of hydrogen-bond donors (Lipinski definition) is 2.